The van der Waals surface area contributed by atoms with E-state index in [2.05, 4.69) is 4.72 Å². The predicted octanol–water partition coefficient (Wildman–Crippen LogP) is 2.59. The van der Waals surface area contributed by atoms with Gasteiger partial charge in [-0.1, -0.05) is 17.7 Å². The first-order valence-corrected chi connectivity index (χ1v) is 8.11. The van der Waals surface area contributed by atoms with Crippen LogP contribution >= 0.6 is 11.6 Å². The zero-order valence-electron chi connectivity index (χ0n) is 11.4. The Labute approximate surface area is 131 Å². The van der Waals surface area contributed by atoms with Crippen molar-refractivity contribution in [2.45, 2.75) is 4.90 Å². The molecular weight excluding hydrogens is 328 g/mol. The summed E-state index contributed by atoms with van der Waals surface area (Å²) in [6.45, 7) is 0. The number of fused-ring (bicyclic) bond motifs is 1. The topological polar surface area (TPSA) is 81.3 Å². The van der Waals surface area contributed by atoms with E-state index in [-0.39, 0.29) is 10.5 Å². The molecule has 1 heterocycles. The van der Waals surface area contributed by atoms with Crippen LogP contribution in [0.3, 0.4) is 0 Å². The van der Waals surface area contributed by atoms with Gasteiger partial charge in [-0.2, -0.15) is 0 Å². The minimum Gasteiger partial charge on any atom is -0.408 e. The van der Waals surface area contributed by atoms with Crippen LogP contribution < -0.4 is 10.5 Å². The first-order valence-electron chi connectivity index (χ1n) is 6.25. The molecule has 8 heteroatoms. The molecule has 3 rings (SSSR count). The van der Waals surface area contributed by atoms with Gasteiger partial charge in [0.1, 0.15) is 0 Å². The van der Waals surface area contributed by atoms with Gasteiger partial charge in [0.2, 0.25) is 0 Å². The SMILES string of the molecule is Cn1c(=O)oc2cc(S(=O)(=O)Nc3cccc(Cl)c3)ccc21. The molecule has 0 amide bonds. The summed E-state index contributed by atoms with van der Waals surface area (Å²) >= 11 is 5.83. The lowest BCUT2D eigenvalue weighted by Crippen LogP contribution is -2.12. The summed E-state index contributed by atoms with van der Waals surface area (Å²) in [5.74, 6) is -0.549. The van der Waals surface area contributed by atoms with Crippen molar-refractivity contribution in [3.63, 3.8) is 0 Å². The highest BCUT2D eigenvalue weighted by Crippen LogP contribution is 2.22. The molecule has 3 aromatic rings. The average Bonchev–Trinajstić information content (AvgIpc) is 2.73. The molecule has 0 spiro atoms. The molecule has 0 saturated heterocycles. The summed E-state index contributed by atoms with van der Waals surface area (Å²) in [7, 11) is -2.26. The molecule has 0 aliphatic heterocycles. The smallest absolute Gasteiger partial charge is 0.408 e. The molecule has 1 N–H and O–H groups in total. The van der Waals surface area contributed by atoms with Gasteiger partial charge in [-0.05, 0) is 30.3 Å². The predicted molar refractivity (Wildman–Crippen MR) is 83.7 cm³/mol. The third-order valence-corrected chi connectivity index (χ3v) is 4.76. The van der Waals surface area contributed by atoms with Crippen LogP contribution in [0.5, 0.6) is 0 Å². The number of nitrogens with one attached hydrogen (secondary N) is 1. The van der Waals surface area contributed by atoms with Crippen molar-refractivity contribution in [3.05, 3.63) is 58.0 Å². The second-order valence-electron chi connectivity index (χ2n) is 4.67. The zero-order chi connectivity index (χ0) is 15.9. The second-order valence-corrected chi connectivity index (χ2v) is 6.79. The first kappa shape index (κ1) is 14.7. The molecule has 0 saturated carbocycles. The number of hydrogen-bond acceptors (Lipinski definition) is 4. The van der Waals surface area contributed by atoms with E-state index in [0.717, 1.165) is 0 Å². The average molecular weight is 339 g/mol. The quantitative estimate of drug-likeness (QED) is 0.795. The summed E-state index contributed by atoms with van der Waals surface area (Å²) in [5.41, 5.74) is 1.08. The number of hydrogen-bond donors (Lipinski definition) is 1. The molecule has 0 aliphatic rings. The third kappa shape index (κ3) is 2.60. The molecule has 22 heavy (non-hydrogen) atoms. The summed E-state index contributed by atoms with van der Waals surface area (Å²) in [6.07, 6.45) is 0. The Hall–Kier alpha value is -2.25. The van der Waals surface area contributed by atoms with Crippen molar-refractivity contribution < 1.29 is 12.8 Å². The second kappa shape index (κ2) is 5.19. The van der Waals surface area contributed by atoms with E-state index < -0.39 is 15.8 Å². The molecule has 0 atom stereocenters. The van der Waals surface area contributed by atoms with Crippen LogP contribution in [0.1, 0.15) is 0 Å². The molecule has 0 bridgehead atoms. The largest absolute Gasteiger partial charge is 0.419 e. The van der Waals surface area contributed by atoms with E-state index in [9.17, 15) is 13.2 Å². The van der Waals surface area contributed by atoms with Gasteiger partial charge in [-0.15, -0.1) is 0 Å². The van der Waals surface area contributed by atoms with Crippen molar-refractivity contribution >= 4 is 38.4 Å². The molecule has 2 aromatic carbocycles. The normalized spacial score (nSPS) is 11.7. The van der Waals surface area contributed by atoms with Crippen molar-refractivity contribution in [2.75, 3.05) is 4.72 Å². The van der Waals surface area contributed by atoms with E-state index in [1.807, 2.05) is 0 Å². The van der Waals surface area contributed by atoms with E-state index in [4.69, 9.17) is 16.0 Å². The number of aromatic nitrogens is 1. The van der Waals surface area contributed by atoms with Gasteiger partial charge in [-0.3, -0.25) is 9.29 Å². The molecule has 0 aliphatic carbocycles. The van der Waals surface area contributed by atoms with Gasteiger partial charge in [0, 0.05) is 18.1 Å². The van der Waals surface area contributed by atoms with E-state index in [1.165, 1.54) is 28.8 Å². The fraction of sp³-hybridized carbons (Fsp3) is 0.0714. The lowest BCUT2D eigenvalue weighted by molar-refractivity contribution is 0.527. The number of aryl methyl sites for hydroxylation is 1. The minimum absolute atomic E-state index is 0.00525. The molecule has 0 radical (unpaired) electrons. The van der Waals surface area contributed by atoms with Crippen LogP contribution in [-0.2, 0) is 17.1 Å². The highest BCUT2D eigenvalue weighted by atomic mass is 35.5. The van der Waals surface area contributed by atoms with E-state index in [0.29, 0.717) is 16.2 Å². The van der Waals surface area contributed by atoms with Crippen LogP contribution in [0.25, 0.3) is 11.1 Å². The minimum atomic E-state index is -3.81. The summed E-state index contributed by atoms with van der Waals surface area (Å²) < 4.78 is 33.5. The van der Waals surface area contributed by atoms with Crippen LogP contribution in [0.4, 0.5) is 5.69 Å². The maximum atomic E-state index is 12.4. The molecule has 6 nitrogen and oxygen atoms in total. The summed E-state index contributed by atoms with van der Waals surface area (Å²) in [6, 6.07) is 10.6. The van der Waals surface area contributed by atoms with Crippen LogP contribution in [0, 0.1) is 0 Å². The zero-order valence-corrected chi connectivity index (χ0v) is 13.0. The maximum absolute atomic E-state index is 12.4. The fourth-order valence-corrected chi connectivity index (χ4v) is 3.30. The number of nitrogens with zero attached hydrogens (tertiary/aromatic N) is 1. The van der Waals surface area contributed by atoms with Gasteiger partial charge < -0.3 is 4.42 Å². The van der Waals surface area contributed by atoms with Crippen LogP contribution in [0.2, 0.25) is 5.02 Å². The summed E-state index contributed by atoms with van der Waals surface area (Å²) in [5, 5.41) is 0.421. The third-order valence-electron chi connectivity index (χ3n) is 3.15. The fourth-order valence-electron chi connectivity index (χ4n) is 2.05. The lowest BCUT2D eigenvalue weighted by Gasteiger charge is -2.08. The molecule has 114 valence electrons. The monoisotopic (exact) mass is 338 g/mol. The Morgan fingerprint density at radius 2 is 1.95 bits per heavy atom. The van der Waals surface area contributed by atoms with Crippen molar-refractivity contribution in [1.82, 2.24) is 4.57 Å². The molecular formula is C14H11ClN2O4S. The van der Waals surface area contributed by atoms with Crippen molar-refractivity contribution in [3.8, 4) is 0 Å². The summed E-state index contributed by atoms with van der Waals surface area (Å²) in [4.78, 5) is 11.4. The Morgan fingerprint density at radius 3 is 2.68 bits per heavy atom. The number of benzene rings is 2. The van der Waals surface area contributed by atoms with Gasteiger partial charge >= 0.3 is 5.76 Å². The lowest BCUT2D eigenvalue weighted by atomic mass is 10.3. The van der Waals surface area contributed by atoms with E-state index in [1.54, 1.807) is 25.2 Å². The Kier molecular flexibility index (Phi) is 3.46. The Morgan fingerprint density at radius 1 is 1.18 bits per heavy atom. The Balaban J connectivity index is 2.03. The van der Waals surface area contributed by atoms with Gasteiger partial charge in [0.25, 0.3) is 10.0 Å². The highest BCUT2D eigenvalue weighted by molar-refractivity contribution is 7.92. The van der Waals surface area contributed by atoms with Crippen molar-refractivity contribution in [2.24, 2.45) is 7.05 Å². The van der Waals surface area contributed by atoms with Gasteiger partial charge in [0.15, 0.2) is 5.58 Å². The molecule has 0 unspecified atom stereocenters. The van der Waals surface area contributed by atoms with Crippen LogP contribution in [0.15, 0.2) is 56.6 Å². The number of rotatable bonds is 3. The number of anilines is 1. The Bertz CT molecular complexity index is 1020. The number of oxazole rings is 1. The standard InChI is InChI=1S/C14H11ClN2O4S/c1-17-12-6-5-11(8-13(12)21-14(17)18)22(19,20)16-10-4-2-3-9(15)7-10/h2-8,16H,1H3. The maximum Gasteiger partial charge on any atom is 0.419 e. The molecule has 0 fully saturated rings. The number of sulfonamides is 1. The highest BCUT2D eigenvalue weighted by Gasteiger charge is 2.17. The number of halogens is 1. The first-order chi connectivity index (χ1) is 10.4. The van der Waals surface area contributed by atoms with Gasteiger partial charge in [0.05, 0.1) is 16.1 Å². The van der Waals surface area contributed by atoms with Crippen LogP contribution in [-0.4, -0.2) is 13.0 Å². The molecule has 1 aromatic heterocycles. The van der Waals surface area contributed by atoms with E-state index >= 15 is 0 Å². The van der Waals surface area contributed by atoms with Gasteiger partial charge in [-0.25, -0.2) is 13.2 Å². The van der Waals surface area contributed by atoms with Crippen molar-refractivity contribution in [1.29, 1.82) is 0 Å².